The Morgan fingerprint density at radius 2 is 2.06 bits per heavy atom. The molecule has 1 atom stereocenters. The lowest BCUT2D eigenvalue weighted by molar-refractivity contribution is -0.143. The van der Waals surface area contributed by atoms with Gasteiger partial charge in [-0.2, -0.15) is 0 Å². The van der Waals surface area contributed by atoms with Gasteiger partial charge in [0, 0.05) is 12.6 Å². The normalized spacial score (nSPS) is 20.1. The van der Waals surface area contributed by atoms with Gasteiger partial charge in [-0.3, -0.25) is 9.59 Å². The number of para-hydroxylation sites is 1. The van der Waals surface area contributed by atoms with Gasteiger partial charge in [0.2, 0.25) is 11.8 Å². The smallest absolute Gasteiger partial charge is 0.250 e. The lowest BCUT2D eigenvalue weighted by Crippen LogP contribution is -2.51. The average molecular weight is 234 g/mol. The highest BCUT2D eigenvalue weighted by molar-refractivity contribution is 5.95. The van der Waals surface area contributed by atoms with E-state index >= 15 is 0 Å². The molecule has 0 spiro atoms. The Morgan fingerprint density at radius 3 is 2.76 bits per heavy atom. The molecule has 17 heavy (non-hydrogen) atoms. The molecule has 5 nitrogen and oxygen atoms in total. The van der Waals surface area contributed by atoms with E-state index < -0.39 is 6.04 Å². The van der Waals surface area contributed by atoms with Crippen LogP contribution in [0.2, 0.25) is 0 Å². The van der Waals surface area contributed by atoms with E-state index in [0.717, 1.165) is 0 Å². The van der Waals surface area contributed by atoms with Gasteiger partial charge in [0.25, 0.3) is 0 Å². The van der Waals surface area contributed by atoms with Crippen LogP contribution in [0.25, 0.3) is 0 Å². The molecule has 2 rings (SSSR count). The zero-order valence-corrected chi connectivity index (χ0v) is 9.77. The van der Waals surface area contributed by atoms with Gasteiger partial charge in [-0.1, -0.05) is 18.2 Å². The molecule has 0 saturated carbocycles. The van der Waals surface area contributed by atoms with Crippen LogP contribution in [0.15, 0.2) is 24.3 Å². The zero-order valence-electron chi connectivity index (χ0n) is 9.77. The van der Waals surface area contributed by atoms with E-state index in [4.69, 9.17) is 4.74 Å². The van der Waals surface area contributed by atoms with Crippen molar-refractivity contribution < 1.29 is 14.3 Å². The van der Waals surface area contributed by atoms with Crippen molar-refractivity contribution in [3.05, 3.63) is 29.8 Å². The molecule has 1 aliphatic rings. The minimum absolute atomic E-state index is 0.102. The molecule has 1 fully saturated rings. The molecule has 0 aromatic heterocycles. The fraction of sp³-hybridized carbons (Fsp3) is 0.333. The number of hydrogen-bond acceptors (Lipinski definition) is 3. The molecule has 1 saturated heterocycles. The summed E-state index contributed by atoms with van der Waals surface area (Å²) in [6.45, 7) is 0.102. The first-order valence-corrected chi connectivity index (χ1v) is 5.30. The second-order valence-corrected chi connectivity index (χ2v) is 3.94. The Kier molecular flexibility index (Phi) is 2.99. The number of ether oxygens (including phenoxy) is 1. The van der Waals surface area contributed by atoms with Gasteiger partial charge in [-0.15, -0.1) is 0 Å². The van der Waals surface area contributed by atoms with Crippen LogP contribution in [0.5, 0.6) is 5.75 Å². The van der Waals surface area contributed by atoms with Crippen LogP contribution in [0.1, 0.15) is 11.6 Å². The number of carbonyl (C=O) groups excluding carboxylic acids is 2. The zero-order chi connectivity index (χ0) is 12.4. The van der Waals surface area contributed by atoms with Crippen LogP contribution in [-0.4, -0.2) is 37.4 Å². The molecule has 90 valence electrons. The summed E-state index contributed by atoms with van der Waals surface area (Å²) in [5.41, 5.74) is 0.680. The first-order valence-electron chi connectivity index (χ1n) is 5.30. The van der Waals surface area contributed by atoms with E-state index in [2.05, 4.69) is 5.32 Å². The van der Waals surface area contributed by atoms with E-state index in [1.54, 1.807) is 19.2 Å². The van der Waals surface area contributed by atoms with E-state index in [0.29, 0.717) is 11.3 Å². The maximum Gasteiger partial charge on any atom is 0.250 e. The summed E-state index contributed by atoms with van der Waals surface area (Å²) in [5.74, 6) is 0.304. The number of hydrogen-bond donors (Lipinski definition) is 1. The third-order valence-electron chi connectivity index (χ3n) is 2.76. The molecular weight excluding hydrogens is 220 g/mol. The number of piperazine rings is 1. The lowest BCUT2D eigenvalue weighted by Gasteiger charge is -2.30. The summed E-state index contributed by atoms with van der Waals surface area (Å²) in [5, 5.41) is 2.68. The maximum absolute atomic E-state index is 12.0. The molecule has 0 radical (unpaired) electrons. The van der Waals surface area contributed by atoms with Gasteiger partial charge in [-0.05, 0) is 6.07 Å². The van der Waals surface area contributed by atoms with Gasteiger partial charge >= 0.3 is 0 Å². The number of rotatable bonds is 2. The Labute approximate surface area is 99.4 Å². The fourth-order valence-electron chi connectivity index (χ4n) is 1.90. The molecule has 1 aliphatic heterocycles. The fourth-order valence-corrected chi connectivity index (χ4v) is 1.90. The monoisotopic (exact) mass is 234 g/mol. The molecule has 5 heteroatoms. The summed E-state index contributed by atoms with van der Waals surface area (Å²) in [4.78, 5) is 24.9. The largest absolute Gasteiger partial charge is 0.496 e. The summed E-state index contributed by atoms with van der Waals surface area (Å²) >= 11 is 0. The standard InChI is InChI=1S/C12H14N2O3/c1-14-7-10(15)13-11(12(14)16)8-5-3-4-6-9(8)17-2/h3-6,11H,7H2,1-2H3,(H,13,15)/t11-/m0/s1. The van der Waals surface area contributed by atoms with Crippen molar-refractivity contribution in [1.82, 2.24) is 10.2 Å². The van der Waals surface area contributed by atoms with Crippen molar-refractivity contribution in [2.45, 2.75) is 6.04 Å². The number of benzene rings is 1. The molecule has 2 amide bonds. The van der Waals surface area contributed by atoms with Crippen LogP contribution < -0.4 is 10.1 Å². The molecule has 1 aromatic rings. The van der Waals surface area contributed by atoms with Gasteiger partial charge < -0.3 is 15.0 Å². The summed E-state index contributed by atoms with van der Waals surface area (Å²) in [6, 6.07) is 6.52. The summed E-state index contributed by atoms with van der Waals surface area (Å²) in [7, 11) is 3.15. The number of carbonyl (C=O) groups is 2. The molecule has 0 aliphatic carbocycles. The highest BCUT2D eigenvalue weighted by Crippen LogP contribution is 2.27. The van der Waals surface area contributed by atoms with Crippen molar-refractivity contribution in [2.24, 2.45) is 0 Å². The Hall–Kier alpha value is -2.04. The molecule has 1 N–H and O–H groups in total. The van der Waals surface area contributed by atoms with Crippen molar-refractivity contribution in [2.75, 3.05) is 20.7 Å². The quantitative estimate of drug-likeness (QED) is 0.802. The highest BCUT2D eigenvalue weighted by atomic mass is 16.5. The lowest BCUT2D eigenvalue weighted by atomic mass is 10.0. The van der Waals surface area contributed by atoms with E-state index in [1.165, 1.54) is 12.0 Å². The number of likely N-dealkylation sites (N-methyl/N-ethyl adjacent to an activating group) is 1. The van der Waals surface area contributed by atoms with Crippen molar-refractivity contribution in [1.29, 1.82) is 0 Å². The van der Waals surface area contributed by atoms with Gasteiger partial charge in [0.1, 0.15) is 11.8 Å². The third-order valence-corrected chi connectivity index (χ3v) is 2.76. The topological polar surface area (TPSA) is 58.6 Å². The molecule has 1 aromatic carbocycles. The highest BCUT2D eigenvalue weighted by Gasteiger charge is 2.33. The number of nitrogens with one attached hydrogen (secondary N) is 1. The number of methoxy groups -OCH3 is 1. The molecule has 0 bridgehead atoms. The maximum atomic E-state index is 12.0. The van der Waals surface area contributed by atoms with Gasteiger partial charge in [0.05, 0.1) is 13.7 Å². The number of amides is 2. The van der Waals surface area contributed by atoms with Gasteiger partial charge in [0.15, 0.2) is 0 Å². The Bertz CT molecular complexity index is 459. The van der Waals surface area contributed by atoms with Crippen LogP contribution in [-0.2, 0) is 9.59 Å². The van der Waals surface area contributed by atoms with E-state index in [1.807, 2.05) is 12.1 Å². The predicted octanol–water partition coefficient (Wildman–Crippen LogP) is 0.324. The van der Waals surface area contributed by atoms with E-state index in [-0.39, 0.29) is 18.4 Å². The van der Waals surface area contributed by atoms with Crippen LogP contribution >= 0.6 is 0 Å². The Balaban J connectivity index is 2.37. The molecular formula is C12H14N2O3. The molecule has 1 heterocycles. The second-order valence-electron chi connectivity index (χ2n) is 3.94. The van der Waals surface area contributed by atoms with Crippen LogP contribution in [0.4, 0.5) is 0 Å². The second kappa shape index (κ2) is 4.45. The van der Waals surface area contributed by atoms with Crippen molar-refractivity contribution in [3.8, 4) is 5.75 Å². The van der Waals surface area contributed by atoms with Crippen molar-refractivity contribution >= 4 is 11.8 Å². The predicted molar refractivity (Wildman–Crippen MR) is 61.5 cm³/mol. The number of nitrogens with zero attached hydrogens (tertiary/aromatic N) is 1. The molecule has 0 unspecified atom stereocenters. The van der Waals surface area contributed by atoms with Crippen LogP contribution in [0.3, 0.4) is 0 Å². The van der Waals surface area contributed by atoms with Crippen LogP contribution in [0, 0.1) is 0 Å². The first kappa shape index (κ1) is 11.4. The summed E-state index contributed by atoms with van der Waals surface area (Å²) < 4.78 is 5.20. The minimum Gasteiger partial charge on any atom is -0.496 e. The average Bonchev–Trinajstić information content (AvgIpc) is 2.33. The summed E-state index contributed by atoms with van der Waals surface area (Å²) in [6.07, 6.45) is 0. The Morgan fingerprint density at radius 1 is 1.35 bits per heavy atom. The SMILES string of the molecule is COc1ccccc1[C@@H]1NC(=O)CN(C)C1=O. The minimum atomic E-state index is -0.655. The third kappa shape index (κ3) is 2.08. The van der Waals surface area contributed by atoms with E-state index in [9.17, 15) is 9.59 Å². The van der Waals surface area contributed by atoms with Crippen molar-refractivity contribution in [3.63, 3.8) is 0 Å². The van der Waals surface area contributed by atoms with Gasteiger partial charge in [-0.25, -0.2) is 0 Å². The first-order chi connectivity index (χ1) is 8.13.